The highest BCUT2D eigenvalue weighted by molar-refractivity contribution is 5.59. The maximum Gasteiger partial charge on any atom is 0.103 e. The van der Waals surface area contributed by atoms with Crippen molar-refractivity contribution >= 4 is 5.69 Å². The van der Waals surface area contributed by atoms with Crippen molar-refractivity contribution in [3.05, 3.63) is 23.0 Å². The molecular formula is C15H26N2O. The van der Waals surface area contributed by atoms with E-state index in [1.807, 2.05) is 20.0 Å². The largest absolute Gasteiger partial charge is 0.383 e. The minimum Gasteiger partial charge on any atom is -0.383 e. The van der Waals surface area contributed by atoms with Crippen LogP contribution in [-0.2, 0) is 4.74 Å². The maximum atomic E-state index is 5.47. The zero-order valence-corrected chi connectivity index (χ0v) is 12.5. The van der Waals surface area contributed by atoms with E-state index >= 15 is 0 Å². The summed E-state index contributed by atoms with van der Waals surface area (Å²) in [5.74, 6) is 0.516. The highest BCUT2D eigenvalue weighted by Gasteiger charge is 2.24. The molecule has 0 spiro atoms. The van der Waals surface area contributed by atoms with E-state index in [4.69, 9.17) is 4.74 Å². The van der Waals surface area contributed by atoms with Crippen LogP contribution in [0.25, 0.3) is 0 Å². The van der Waals surface area contributed by atoms with Crippen molar-refractivity contribution in [1.29, 1.82) is 0 Å². The number of ether oxygens (including phenoxy) is 1. The van der Waals surface area contributed by atoms with Crippen molar-refractivity contribution in [1.82, 2.24) is 4.98 Å². The van der Waals surface area contributed by atoms with Gasteiger partial charge in [0.1, 0.15) is 6.10 Å². The van der Waals surface area contributed by atoms with E-state index in [0.29, 0.717) is 5.92 Å². The predicted octanol–water partition coefficient (Wildman–Crippen LogP) is 4.04. The van der Waals surface area contributed by atoms with Crippen LogP contribution in [0.4, 0.5) is 5.69 Å². The number of methoxy groups -OCH3 is 1. The molecule has 0 saturated carbocycles. The van der Waals surface area contributed by atoms with Crippen molar-refractivity contribution in [2.75, 3.05) is 19.0 Å². The van der Waals surface area contributed by atoms with E-state index in [9.17, 15) is 0 Å². The Hall–Kier alpha value is -1.09. The Morgan fingerprint density at radius 1 is 1.39 bits per heavy atom. The molecule has 0 radical (unpaired) electrons. The fourth-order valence-corrected chi connectivity index (χ4v) is 2.38. The van der Waals surface area contributed by atoms with Crippen molar-refractivity contribution in [2.24, 2.45) is 0 Å². The van der Waals surface area contributed by atoms with Crippen LogP contribution >= 0.6 is 0 Å². The molecule has 2 rings (SSSR count). The van der Waals surface area contributed by atoms with E-state index in [-0.39, 0.29) is 6.10 Å². The third-order valence-electron chi connectivity index (χ3n) is 3.33. The summed E-state index contributed by atoms with van der Waals surface area (Å²) in [5.41, 5.74) is 4.89. The van der Waals surface area contributed by atoms with Gasteiger partial charge >= 0.3 is 0 Å². The first-order valence-corrected chi connectivity index (χ1v) is 6.91. The first kappa shape index (κ1) is 15.0. The molecule has 1 atom stereocenters. The monoisotopic (exact) mass is 250 g/mol. The second kappa shape index (κ2) is 6.74. The molecule has 3 heteroatoms. The number of pyridine rings is 1. The summed E-state index contributed by atoms with van der Waals surface area (Å²) in [7, 11) is 1.76. The molecule has 0 fully saturated rings. The van der Waals surface area contributed by atoms with E-state index in [1.54, 1.807) is 7.11 Å². The van der Waals surface area contributed by atoms with Crippen LogP contribution in [0.15, 0.2) is 6.20 Å². The van der Waals surface area contributed by atoms with Gasteiger partial charge in [0, 0.05) is 19.9 Å². The van der Waals surface area contributed by atoms with Gasteiger partial charge in [-0.15, -0.1) is 0 Å². The van der Waals surface area contributed by atoms with Gasteiger partial charge in [-0.1, -0.05) is 27.7 Å². The van der Waals surface area contributed by atoms with Crippen molar-refractivity contribution < 1.29 is 4.74 Å². The van der Waals surface area contributed by atoms with Gasteiger partial charge in [0.25, 0.3) is 0 Å². The van der Waals surface area contributed by atoms with Gasteiger partial charge in [0.2, 0.25) is 0 Å². The van der Waals surface area contributed by atoms with Gasteiger partial charge in [0.05, 0.1) is 11.4 Å². The van der Waals surface area contributed by atoms with Gasteiger partial charge in [-0.3, -0.25) is 4.98 Å². The molecule has 0 saturated heterocycles. The van der Waals surface area contributed by atoms with Gasteiger partial charge < -0.3 is 10.1 Å². The molecule has 102 valence electrons. The van der Waals surface area contributed by atoms with Gasteiger partial charge in [-0.2, -0.15) is 0 Å². The molecular weight excluding hydrogens is 224 g/mol. The molecule has 3 nitrogen and oxygen atoms in total. The Morgan fingerprint density at radius 3 is 2.61 bits per heavy atom. The van der Waals surface area contributed by atoms with Crippen molar-refractivity contribution in [3.8, 4) is 0 Å². The lowest BCUT2D eigenvalue weighted by Gasteiger charge is -2.27. The third kappa shape index (κ3) is 2.83. The highest BCUT2D eigenvalue weighted by Crippen LogP contribution is 2.35. The quantitative estimate of drug-likeness (QED) is 0.860. The minimum atomic E-state index is 0.149. The lowest BCUT2D eigenvalue weighted by Crippen LogP contribution is -2.21. The molecule has 0 aliphatic carbocycles. The fraction of sp³-hybridized carbons (Fsp3) is 0.667. The SMILES string of the molecule is CC.COC1CCNc2c1ncc(C(C)C)c2C. The molecule has 0 amide bonds. The Labute approximate surface area is 111 Å². The molecule has 18 heavy (non-hydrogen) atoms. The van der Waals surface area contributed by atoms with Crippen LogP contribution in [0.1, 0.15) is 63.0 Å². The predicted molar refractivity (Wildman–Crippen MR) is 77.3 cm³/mol. The van der Waals surface area contributed by atoms with Crippen molar-refractivity contribution in [2.45, 2.75) is 53.1 Å². The first-order chi connectivity index (χ1) is 8.65. The van der Waals surface area contributed by atoms with Gasteiger partial charge in [0.15, 0.2) is 0 Å². The number of rotatable bonds is 2. The zero-order chi connectivity index (χ0) is 13.7. The smallest absolute Gasteiger partial charge is 0.103 e. The molecule has 1 aliphatic heterocycles. The Kier molecular flexibility index (Phi) is 5.60. The van der Waals surface area contributed by atoms with Crippen LogP contribution in [0.2, 0.25) is 0 Å². The summed E-state index contributed by atoms with van der Waals surface area (Å²) in [4.78, 5) is 4.57. The van der Waals surface area contributed by atoms with Gasteiger partial charge in [-0.05, 0) is 30.4 Å². The number of hydrogen-bond donors (Lipinski definition) is 1. The number of nitrogens with zero attached hydrogens (tertiary/aromatic N) is 1. The van der Waals surface area contributed by atoms with Crippen molar-refractivity contribution in [3.63, 3.8) is 0 Å². The standard InChI is InChI=1S/C13H20N2O.C2H6/c1-8(2)10-7-15-13-11(16-4)5-6-14-12(13)9(10)3;1-2/h7-8,11,14H,5-6H2,1-4H3;1-2H3. The Bertz CT molecular complexity index is 388. The molecule has 2 heterocycles. The highest BCUT2D eigenvalue weighted by atomic mass is 16.5. The summed E-state index contributed by atoms with van der Waals surface area (Å²) in [5, 5.41) is 3.45. The van der Waals surface area contributed by atoms with E-state index in [0.717, 1.165) is 18.7 Å². The fourth-order valence-electron chi connectivity index (χ4n) is 2.38. The summed E-state index contributed by atoms with van der Waals surface area (Å²) in [6.45, 7) is 11.5. The average Bonchev–Trinajstić information content (AvgIpc) is 2.40. The van der Waals surface area contributed by atoms with Crippen LogP contribution in [0.3, 0.4) is 0 Å². The van der Waals surface area contributed by atoms with E-state index in [1.165, 1.54) is 16.8 Å². The lowest BCUT2D eigenvalue weighted by atomic mass is 9.95. The topological polar surface area (TPSA) is 34.1 Å². The van der Waals surface area contributed by atoms with E-state index in [2.05, 4.69) is 31.1 Å². The number of hydrogen-bond acceptors (Lipinski definition) is 3. The number of anilines is 1. The third-order valence-corrected chi connectivity index (χ3v) is 3.33. The molecule has 1 aliphatic rings. The first-order valence-electron chi connectivity index (χ1n) is 6.91. The summed E-state index contributed by atoms with van der Waals surface area (Å²) >= 11 is 0. The Morgan fingerprint density at radius 2 is 2.06 bits per heavy atom. The van der Waals surface area contributed by atoms with Gasteiger partial charge in [-0.25, -0.2) is 0 Å². The molecule has 1 unspecified atom stereocenters. The summed E-state index contributed by atoms with van der Waals surface area (Å²) in [6, 6.07) is 0. The maximum absolute atomic E-state index is 5.47. The molecule has 0 bridgehead atoms. The zero-order valence-electron chi connectivity index (χ0n) is 12.5. The molecule has 1 N–H and O–H groups in total. The second-order valence-electron chi connectivity index (χ2n) is 4.69. The van der Waals surface area contributed by atoms with Crippen LogP contribution < -0.4 is 5.32 Å². The number of aromatic nitrogens is 1. The number of nitrogens with one attached hydrogen (secondary N) is 1. The Balaban J connectivity index is 0.000000771. The van der Waals surface area contributed by atoms with Crippen LogP contribution in [-0.4, -0.2) is 18.6 Å². The minimum absolute atomic E-state index is 0.149. The summed E-state index contributed by atoms with van der Waals surface area (Å²) < 4.78 is 5.47. The van der Waals surface area contributed by atoms with Crippen LogP contribution in [0, 0.1) is 6.92 Å². The van der Waals surface area contributed by atoms with Crippen LogP contribution in [0.5, 0.6) is 0 Å². The second-order valence-corrected chi connectivity index (χ2v) is 4.69. The normalized spacial score (nSPS) is 17.6. The average molecular weight is 250 g/mol. The molecule has 0 aromatic carbocycles. The molecule has 1 aromatic rings. The molecule has 1 aromatic heterocycles. The van der Waals surface area contributed by atoms with E-state index < -0.39 is 0 Å². The lowest BCUT2D eigenvalue weighted by molar-refractivity contribution is 0.0927. The number of fused-ring (bicyclic) bond motifs is 1. The summed E-state index contributed by atoms with van der Waals surface area (Å²) in [6.07, 6.45) is 3.14.